The summed E-state index contributed by atoms with van der Waals surface area (Å²) in [4.78, 5) is 0. The van der Waals surface area contributed by atoms with Gasteiger partial charge in [0, 0.05) is 0 Å². The summed E-state index contributed by atoms with van der Waals surface area (Å²) in [5.74, 6) is 10.4. The first-order valence-corrected chi connectivity index (χ1v) is 5.61. The van der Waals surface area contributed by atoms with E-state index in [2.05, 4.69) is 25.2 Å². The van der Waals surface area contributed by atoms with E-state index in [1.807, 2.05) is 0 Å². The van der Waals surface area contributed by atoms with Crippen LogP contribution in [-0.4, -0.2) is 6.04 Å². The molecule has 1 fully saturated rings. The SMILES string of the molecule is C#CC(NN)C1CCC(C(C)C)CC1. The second-order valence-corrected chi connectivity index (χ2v) is 4.73. The van der Waals surface area contributed by atoms with Gasteiger partial charge in [0.15, 0.2) is 0 Å². The lowest BCUT2D eigenvalue weighted by Crippen LogP contribution is -2.41. The van der Waals surface area contributed by atoms with Crippen LogP contribution >= 0.6 is 0 Å². The molecular formula is C12H22N2. The fraction of sp³-hybridized carbons (Fsp3) is 0.833. The number of hydrogen-bond donors (Lipinski definition) is 2. The smallest absolute Gasteiger partial charge is 0.0842 e. The van der Waals surface area contributed by atoms with E-state index in [-0.39, 0.29) is 6.04 Å². The molecule has 1 unspecified atom stereocenters. The average molecular weight is 194 g/mol. The Balaban J connectivity index is 2.39. The van der Waals surface area contributed by atoms with Crippen molar-refractivity contribution in [3.63, 3.8) is 0 Å². The minimum absolute atomic E-state index is 0.0723. The zero-order valence-electron chi connectivity index (χ0n) is 9.29. The van der Waals surface area contributed by atoms with Crippen molar-refractivity contribution < 1.29 is 0 Å². The summed E-state index contributed by atoms with van der Waals surface area (Å²) < 4.78 is 0. The fourth-order valence-electron chi connectivity index (χ4n) is 2.47. The van der Waals surface area contributed by atoms with Crippen LogP contribution in [0.4, 0.5) is 0 Å². The minimum Gasteiger partial charge on any atom is -0.270 e. The molecule has 1 aliphatic carbocycles. The first-order valence-electron chi connectivity index (χ1n) is 5.61. The van der Waals surface area contributed by atoms with Gasteiger partial charge in [0.2, 0.25) is 0 Å². The van der Waals surface area contributed by atoms with Gasteiger partial charge in [0.25, 0.3) is 0 Å². The predicted octanol–water partition coefficient (Wildman–Crippen LogP) is 1.91. The van der Waals surface area contributed by atoms with Crippen LogP contribution in [0.2, 0.25) is 0 Å². The largest absolute Gasteiger partial charge is 0.270 e. The molecule has 1 atom stereocenters. The van der Waals surface area contributed by atoms with Crippen LogP contribution < -0.4 is 11.3 Å². The Hall–Kier alpha value is -0.520. The number of nitrogens with one attached hydrogen (secondary N) is 1. The van der Waals surface area contributed by atoms with Crippen molar-refractivity contribution in [1.29, 1.82) is 0 Å². The summed E-state index contributed by atoms with van der Waals surface area (Å²) in [7, 11) is 0. The molecule has 0 aromatic carbocycles. The Morgan fingerprint density at radius 2 is 1.71 bits per heavy atom. The Bertz CT molecular complexity index is 197. The Labute approximate surface area is 87.6 Å². The number of nitrogens with two attached hydrogens (primary N) is 1. The first kappa shape index (κ1) is 11.6. The van der Waals surface area contributed by atoms with Crippen LogP contribution in [-0.2, 0) is 0 Å². The van der Waals surface area contributed by atoms with Crippen LogP contribution in [0.3, 0.4) is 0 Å². The lowest BCUT2D eigenvalue weighted by atomic mass is 9.75. The monoisotopic (exact) mass is 194 g/mol. The molecule has 0 saturated heterocycles. The van der Waals surface area contributed by atoms with Crippen molar-refractivity contribution in [2.75, 3.05) is 0 Å². The molecule has 0 aromatic heterocycles. The maximum atomic E-state index is 5.42. The van der Waals surface area contributed by atoms with Gasteiger partial charge in [-0.3, -0.25) is 5.84 Å². The lowest BCUT2D eigenvalue weighted by Gasteiger charge is -2.33. The molecule has 0 amide bonds. The molecule has 1 aliphatic rings. The summed E-state index contributed by atoms with van der Waals surface area (Å²) >= 11 is 0. The van der Waals surface area contributed by atoms with E-state index in [1.54, 1.807) is 0 Å². The van der Waals surface area contributed by atoms with Crippen molar-refractivity contribution in [3.8, 4) is 12.3 Å². The summed E-state index contributed by atoms with van der Waals surface area (Å²) in [6, 6.07) is 0.0723. The van der Waals surface area contributed by atoms with Crippen LogP contribution in [0.1, 0.15) is 39.5 Å². The van der Waals surface area contributed by atoms with Gasteiger partial charge in [0.05, 0.1) is 6.04 Å². The number of terminal acetylenes is 1. The predicted molar refractivity (Wildman–Crippen MR) is 60.2 cm³/mol. The molecule has 3 N–H and O–H groups in total. The highest BCUT2D eigenvalue weighted by Crippen LogP contribution is 2.34. The van der Waals surface area contributed by atoms with Gasteiger partial charge in [-0.05, 0) is 43.4 Å². The molecule has 0 radical (unpaired) electrons. The van der Waals surface area contributed by atoms with Gasteiger partial charge >= 0.3 is 0 Å². The molecule has 0 bridgehead atoms. The maximum Gasteiger partial charge on any atom is 0.0842 e. The summed E-state index contributed by atoms with van der Waals surface area (Å²) in [6.45, 7) is 4.62. The van der Waals surface area contributed by atoms with Gasteiger partial charge in [-0.1, -0.05) is 19.8 Å². The van der Waals surface area contributed by atoms with E-state index in [4.69, 9.17) is 12.3 Å². The highest BCUT2D eigenvalue weighted by molar-refractivity contribution is 5.02. The zero-order valence-corrected chi connectivity index (χ0v) is 9.29. The van der Waals surface area contributed by atoms with Gasteiger partial charge in [-0.2, -0.15) is 0 Å². The molecule has 2 heteroatoms. The quantitative estimate of drug-likeness (QED) is 0.409. The molecule has 1 saturated carbocycles. The number of rotatable bonds is 3. The third kappa shape index (κ3) is 2.73. The van der Waals surface area contributed by atoms with Gasteiger partial charge in [-0.25, -0.2) is 5.43 Å². The van der Waals surface area contributed by atoms with Crippen molar-refractivity contribution in [2.24, 2.45) is 23.6 Å². The summed E-state index contributed by atoms with van der Waals surface area (Å²) in [5, 5.41) is 0. The molecule has 0 aromatic rings. The van der Waals surface area contributed by atoms with Gasteiger partial charge in [-0.15, -0.1) is 6.42 Å². The molecule has 14 heavy (non-hydrogen) atoms. The second-order valence-electron chi connectivity index (χ2n) is 4.73. The molecule has 0 spiro atoms. The van der Waals surface area contributed by atoms with E-state index in [0.29, 0.717) is 5.92 Å². The molecule has 0 heterocycles. The fourth-order valence-corrected chi connectivity index (χ4v) is 2.47. The number of hydrazine groups is 1. The summed E-state index contributed by atoms with van der Waals surface area (Å²) in [6.07, 6.45) is 10.5. The standard InChI is InChI=1S/C12H22N2/c1-4-12(14-13)11-7-5-10(6-8-11)9(2)3/h1,9-12,14H,5-8,13H2,2-3H3. The molecule has 1 rings (SSSR count). The van der Waals surface area contributed by atoms with E-state index in [0.717, 1.165) is 11.8 Å². The second kappa shape index (κ2) is 5.38. The third-order valence-corrected chi connectivity index (χ3v) is 3.59. The number of hydrogen-bond acceptors (Lipinski definition) is 2. The van der Waals surface area contributed by atoms with E-state index >= 15 is 0 Å². The highest BCUT2D eigenvalue weighted by atomic mass is 15.2. The summed E-state index contributed by atoms with van der Waals surface area (Å²) in [5.41, 5.74) is 2.73. The zero-order chi connectivity index (χ0) is 10.6. The van der Waals surface area contributed by atoms with Gasteiger partial charge in [0.1, 0.15) is 0 Å². The maximum absolute atomic E-state index is 5.42. The van der Waals surface area contributed by atoms with Crippen LogP contribution in [0, 0.1) is 30.1 Å². The van der Waals surface area contributed by atoms with E-state index < -0.39 is 0 Å². The van der Waals surface area contributed by atoms with Crippen LogP contribution in [0.5, 0.6) is 0 Å². The van der Waals surface area contributed by atoms with Crippen molar-refractivity contribution in [3.05, 3.63) is 0 Å². The van der Waals surface area contributed by atoms with Crippen LogP contribution in [0.15, 0.2) is 0 Å². The Morgan fingerprint density at radius 1 is 1.21 bits per heavy atom. The topological polar surface area (TPSA) is 38.0 Å². The normalized spacial score (nSPS) is 29.9. The van der Waals surface area contributed by atoms with Crippen molar-refractivity contribution >= 4 is 0 Å². The van der Waals surface area contributed by atoms with E-state index in [9.17, 15) is 0 Å². The molecule has 2 nitrogen and oxygen atoms in total. The molecule has 0 aliphatic heterocycles. The van der Waals surface area contributed by atoms with Gasteiger partial charge < -0.3 is 0 Å². The average Bonchev–Trinajstić information content (AvgIpc) is 2.20. The van der Waals surface area contributed by atoms with E-state index in [1.165, 1.54) is 25.7 Å². The first-order chi connectivity index (χ1) is 6.69. The Kier molecular flexibility index (Phi) is 4.44. The molecular weight excluding hydrogens is 172 g/mol. The third-order valence-electron chi connectivity index (χ3n) is 3.59. The van der Waals surface area contributed by atoms with Crippen molar-refractivity contribution in [2.45, 2.75) is 45.6 Å². The highest BCUT2D eigenvalue weighted by Gasteiger charge is 2.27. The Morgan fingerprint density at radius 3 is 2.07 bits per heavy atom. The minimum atomic E-state index is 0.0723. The lowest BCUT2D eigenvalue weighted by molar-refractivity contribution is 0.206. The van der Waals surface area contributed by atoms with Crippen LogP contribution in [0.25, 0.3) is 0 Å². The molecule has 80 valence electrons. The van der Waals surface area contributed by atoms with Crippen molar-refractivity contribution in [1.82, 2.24) is 5.43 Å².